The van der Waals surface area contributed by atoms with Gasteiger partial charge in [0.1, 0.15) is 0 Å². The van der Waals surface area contributed by atoms with Crippen LogP contribution in [0, 0.1) is 0 Å². The summed E-state index contributed by atoms with van der Waals surface area (Å²) < 4.78 is 5.67. The molecule has 0 bridgehead atoms. The van der Waals surface area contributed by atoms with E-state index in [1.807, 2.05) is 48.5 Å². The Morgan fingerprint density at radius 2 is 1.67 bits per heavy atom. The van der Waals surface area contributed by atoms with Gasteiger partial charge in [-0.3, -0.25) is 0 Å². The van der Waals surface area contributed by atoms with Crippen LogP contribution < -0.4 is 0 Å². The molecular formula is C17H15ClO3. The molecule has 0 saturated heterocycles. The molecule has 0 saturated carbocycles. The number of rotatable bonds is 6. The minimum Gasteiger partial charge on any atom is -0.478 e. The molecule has 0 aliphatic carbocycles. The largest absolute Gasteiger partial charge is 0.478 e. The SMILES string of the molecule is O=C(O)C=Cc1ccccc1COCc1ccccc1Cl. The lowest BCUT2D eigenvalue weighted by molar-refractivity contribution is -0.131. The first kappa shape index (κ1) is 15.3. The van der Waals surface area contributed by atoms with E-state index in [-0.39, 0.29) is 0 Å². The summed E-state index contributed by atoms with van der Waals surface area (Å²) in [6.07, 6.45) is 2.68. The quantitative estimate of drug-likeness (QED) is 0.815. The van der Waals surface area contributed by atoms with Gasteiger partial charge in [0.2, 0.25) is 0 Å². The first-order valence-corrected chi connectivity index (χ1v) is 6.84. The molecule has 108 valence electrons. The van der Waals surface area contributed by atoms with E-state index in [0.29, 0.717) is 18.2 Å². The molecule has 0 heterocycles. The van der Waals surface area contributed by atoms with E-state index in [2.05, 4.69) is 0 Å². The van der Waals surface area contributed by atoms with Crippen LogP contribution in [0.25, 0.3) is 6.08 Å². The van der Waals surface area contributed by atoms with E-state index >= 15 is 0 Å². The maximum absolute atomic E-state index is 10.6. The van der Waals surface area contributed by atoms with Gasteiger partial charge in [0.15, 0.2) is 0 Å². The Bertz CT molecular complexity index is 650. The molecule has 2 rings (SSSR count). The van der Waals surface area contributed by atoms with Gasteiger partial charge in [-0.25, -0.2) is 4.79 Å². The molecule has 0 spiro atoms. The topological polar surface area (TPSA) is 46.5 Å². The molecule has 0 atom stereocenters. The maximum Gasteiger partial charge on any atom is 0.328 e. The molecule has 0 fully saturated rings. The Hall–Kier alpha value is -2.10. The number of carboxylic acids is 1. The molecule has 0 aromatic heterocycles. The number of halogens is 1. The van der Waals surface area contributed by atoms with Gasteiger partial charge in [0.25, 0.3) is 0 Å². The second kappa shape index (κ2) is 7.62. The van der Waals surface area contributed by atoms with Gasteiger partial charge in [-0.1, -0.05) is 54.1 Å². The van der Waals surface area contributed by atoms with Crippen molar-refractivity contribution in [2.24, 2.45) is 0 Å². The zero-order valence-corrected chi connectivity index (χ0v) is 12.1. The fourth-order valence-corrected chi connectivity index (χ4v) is 2.07. The molecule has 0 unspecified atom stereocenters. The van der Waals surface area contributed by atoms with Gasteiger partial charge in [-0.2, -0.15) is 0 Å². The molecule has 4 heteroatoms. The van der Waals surface area contributed by atoms with Crippen molar-refractivity contribution in [2.75, 3.05) is 0 Å². The van der Waals surface area contributed by atoms with Crippen molar-refractivity contribution in [3.05, 3.63) is 76.3 Å². The summed E-state index contributed by atoms with van der Waals surface area (Å²) in [5.41, 5.74) is 2.69. The van der Waals surface area contributed by atoms with Crippen LogP contribution in [-0.2, 0) is 22.7 Å². The Morgan fingerprint density at radius 1 is 1.05 bits per heavy atom. The monoisotopic (exact) mass is 302 g/mol. The van der Waals surface area contributed by atoms with Crippen molar-refractivity contribution in [1.82, 2.24) is 0 Å². The molecule has 2 aromatic carbocycles. The molecule has 0 amide bonds. The number of carboxylic acid groups (broad SMARTS) is 1. The third-order valence-electron chi connectivity index (χ3n) is 2.93. The summed E-state index contributed by atoms with van der Waals surface area (Å²) in [5.74, 6) is -0.971. The minimum atomic E-state index is -0.971. The zero-order chi connectivity index (χ0) is 15.1. The first-order valence-electron chi connectivity index (χ1n) is 6.47. The molecule has 0 radical (unpaired) electrons. The van der Waals surface area contributed by atoms with Gasteiger partial charge >= 0.3 is 5.97 Å². The predicted molar refractivity (Wildman–Crippen MR) is 83.1 cm³/mol. The average molecular weight is 303 g/mol. The molecule has 3 nitrogen and oxygen atoms in total. The highest BCUT2D eigenvalue weighted by molar-refractivity contribution is 6.31. The normalized spacial score (nSPS) is 10.9. The Kier molecular flexibility index (Phi) is 5.55. The first-order chi connectivity index (χ1) is 10.2. The minimum absolute atomic E-state index is 0.394. The Morgan fingerprint density at radius 3 is 2.38 bits per heavy atom. The zero-order valence-electron chi connectivity index (χ0n) is 11.3. The molecule has 0 aliphatic heterocycles. The second-order valence-electron chi connectivity index (χ2n) is 4.45. The standard InChI is InChI=1S/C17H15ClO3/c18-16-8-4-3-7-15(16)12-21-11-14-6-2-1-5-13(14)9-10-17(19)20/h1-10H,11-12H2,(H,19,20). The van der Waals surface area contributed by atoms with E-state index in [4.69, 9.17) is 21.4 Å². The highest BCUT2D eigenvalue weighted by Crippen LogP contribution is 2.17. The van der Waals surface area contributed by atoms with Crippen LogP contribution in [0.5, 0.6) is 0 Å². The summed E-state index contributed by atoms with van der Waals surface area (Å²) in [4.78, 5) is 10.6. The summed E-state index contributed by atoms with van der Waals surface area (Å²) in [6.45, 7) is 0.808. The van der Waals surface area contributed by atoms with E-state index in [9.17, 15) is 4.79 Å². The highest BCUT2D eigenvalue weighted by atomic mass is 35.5. The van der Waals surface area contributed by atoms with E-state index < -0.39 is 5.97 Å². The molecule has 0 aliphatic rings. The van der Waals surface area contributed by atoms with Crippen LogP contribution in [0.1, 0.15) is 16.7 Å². The number of benzene rings is 2. The number of hydrogen-bond donors (Lipinski definition) is 1. The van der Waals surface area contributed by atoms with Crippen molar-refractivity contribution < 1.29 is 14.6 Å². The van der Waals surface area contributed by atoms with Crippen molar-refractivity contribution in [3.8, 4) is 0 Å². The lowest BCUT2D eigenvalue weighted by Gasteiger charge is -2.08. The number of hydrogen-bond acceptors (Lipinski definition) is 2. The number of aliphatic carboxylic acids is 1. The summed E-state index contributed by atoms with van der Waals surface area (Å²) in [6, 6.07) is 15.0. The third kappa shape index (κ3) is 4.74. The van der Waals surface area contributed by atoms with E-state index in [1.165, 1.54) is 0 Å². The van der Waals surface area contributed by atoms with Crippen LogP contribution in [-0.4, -0.2) is 11.1 Å². The van der Waals surface area contributed by atoms with E-state index in [0.717, 1.165) is 22.8 Å². The fourth-order valence-electron chi connectivity index (χ4n) is 1.88. The summed E-state index contributed by atoms with van der Waals surface area (Å²) in [5, 5.41) is 9.37. The van der Waals surface area contributed by atoms with Gasteiger partial charge < -0.3 is 9.84 Å². The fraction of sp³-hybridized carbons (Fsp3) is 0.118. The van der Waals surface area contributed by atoms with Crippen LogP contribution in [0.2, 0.25) is 5.02 Å². The molecule has 21 heavy (non-hydrogen) atoms. The van der Waals surface area contributed by atoms with Gasteiger partial charge in [-0.05, 0) is 28.8 Å². The molecule has 2 aromatic rings. The van der Waals surface area contributed by atoms with Crippen LogP contribution in [0.4, 0.5) is 0 Å². The highest BCUT2D eigenvalue weighted by Gasteiger charge is 2.02. The van der Waals surface area contributed by atoms with Gasteiger partial charge in [0.05, 0.1) is 13.2 Å². The van der Waals surface area contributed by atoms with Crippen LogP contribution >= 0.6 is 11.6 Å². The van der Waals surface area contributed by atoms with Crippen molar-refractivity contribution >= 4 is 23.6 Å². The predicted octanol–water partition coefficient (Wildman–Crippen LogP) is 4.15. The Labute approximate surface area is 128 Å². The second-order valence-corrected chi connectivity index (χ2v) is 4.86. The molecule has 1 N–H and O–H groups in total. The van der Waals surface area contributed by atoms with E-state index in [1.54, 1.807) is 6.08 Å². The van der Waals surface area contributed by atoms with Crippen LogP contribution in [0.15, 0.2) is 54.6 Å². The average Bonchev–Trinajstić information content (AvgIpc) is 2.48. The smallest absolute Gasteiger partial charge is 0.328 e. The maximum atomic E-state index is 10.6. The van der Waals surface area contributed by atoms with Crippen molar-refractivity contribution in [2.45, 2.75) is 13.2 Å². The molecular weight excluding hydrogens is 288 g/mol. The summed E-state index contributed by atoms with van der Waals surface area (Å²) >= 11 is 6.07. The summed E-state index contributed by atoms with van der Waals surface area (Å²) in [7, 11) is 0. The van der Waals surface area contributed by atoms with Gasteiger partial charge in [0, 0.05) is 11.1 Å². The van der Waals surface area contributed by atoms with Crippen molar-refractivity contribution in [1.29, 1.82) is 0 Å². The van der Waals surface area contributed by atoms with Gasteiger partial charge in [-0.15, -0.1) is 0 Å². The third-order valence-corrected chi connectivity index (χ3v) is 3.30. The van der Waals surface area contributed by atoms with Crippen molar-refractivity contribution in [3.63, 3.8) is 0 Å². The lowest BCUT2D eigenvalue weighted by atomic mass is 10.1. The number of carbonyl (C=O) groups is 1. The number of ether oxygens (including phenoxy) is 1. The van der Waals surface area contributed by atoms with Crippen LogP contribution in [0.3, 0.4) is 0 Å². The Balaban J connectivity index is 2.00. The lowest BCUT2D eigenvalue weighted by Crippen LogP contribution is -1.97.